The zero-order chi connectivity index (χ0) is 48.7. The van der Waals surface area contributed by atoms with Crippen molar-refractivity contribution in [2.45, 2.75) is 5.41 Å². The van der Waals surface area contributed by atoms with Crippen molar-refractivity contribution in [1.29, 1.82) is 0 Å². The average molecular weight is 941 g/mol. The summed E-state index contributed by atoms with van der Waals surface area (Å²) in [6, 6.07) is 96.5. The van der Waals surface area contributed by atoms with E-state index in [0.29, 0.717) is 11.4 Å². The van der Waals surface area contributed by atoms with Crippen molar-refractivity contribution in [3.8, 4) is 101 Å². The highest BCUT2D eigenvalue weighted by Crippen LogP contribution is 2.63. The fourth-order valence-corrected chi connectivity index (χ4v) is 12.1. The third-order valence-electron chi connectivity index (χ3n) is 15.5. The Hall–Kier alpha value is -9.70. The lowest BCUT2D eigenvalue weighted by atomic mass is 9.70. The lowest BCUT2D eigenvalue weighted by molar-refractivity contribution is 0.667. The van der Waals surface area contributed by atoms with Crippen LogP contribution < -0.4 is 0 Å². The molecule has 0 atom stereocenters. The van der Waals surface area contributed by atoms with Gasteiger partial charge in [-0.25, -0.2) is 9.97 Å². The molecular weight excluding hydrogens is 897 g/mol. The molecule has 0 fully saturated rings. The zero-order valence-electron chi connectivity index (χ0n) is 40.2. The van der Waals surface area contributed by atoms with Gasteiger partial charge in [0.15, 0.2) is 11.4 Å². The second kappa shape index (κ2) is 16.7. The molecule has 2 aliphatic rings. The second-order valence-electron chi connectivity index (χ2n) is 19.6. The predicted octanol–water partition coefficient (Wildman–Crippen LogP) is 18.4. The number of aromatic nitrogens is 2. The smallest absolute Gasteiger partial charge is 0.180 e. The van der Waals surface area contributed by atoms with Gasteiger partial charge in [-0.15, -0.1) is 0 Å². The van der Waals surface area contributed by atoms with Gasteiger partial charge in [0.05, 0.1) is 5.41 Å². The summed E-state index contributed by atoms with van der Waals surface area (Å²) in [4.78, 5) is 11.2. The van der Waals surface area contributed by atoms with Crippen molar-refractivity contribution in [3.63, 3.8) is 0 Å². The Morgan fingerprint density at radius 3 is 1.15 bits per heavy atom. The molecule has 0 unspecified atom stereocenters. The number of nitrogens with zero attached hydrogens (tertiary/aromatic N) is 2. The van der Waals surface area contributed by atoms with Crippen LogP contribution in [-0.2, 0) is 5.41 Å². The molecule has 2 aromatic heterocycles. The summed E-state index contributed by atoms with van der Waals surface area (Å²) >= 11 is 0. The third kappa shape index (κ3) is 6.53. The molecule has 3 heteroatoms. The minimum Gasteiger partial charge on any atom is -0.452 e. The number of furan rings is 1. The maximum Gasteiger partial charge on any atom is 0.180 e. The van der Waals surface area contributed by atoms with Gasteiger partial charge in [-0.2, -0.15) is 0 Å². The van der Waals surface area contributed by atoms with E-state index in [1.54, 1.807) is 0 Å². The van der Waals surface area contributed by atoms with E-state index in [0.717, 1.165) is 88.9 Å². The highest BCUT2D eigenvalue weighted by atomic mass is 16.3. The zero-order valence-corrected chi connectivity index (χ0v) is 40.2. The standard InChI is InChI=1S/C71H44N2O/c1-5-19-45(20-6-1)51-37-52(46-21-7-2-8-22-46)40-55(39-51)67-69-68(73-70(72-67)56-41-53(47-23-9-3-10-24-47)38-54(42-56)48-25-11-4-12-26-48)61-43-49(34-36-66(61)74-69)50-33-35-60-59-29-15-18-32-64(59)71(65(60)44-50)62-30-16-13-27-57(62)58-28-14-17-31-63(58)71/h1-44H. The van der Waals surface area contributed by atoms with Gasteiger partial charge < -0.3 is 4.42 Å². The second-order valence-corrected chi connectivity index (χ2v) is 19.6. The van der Waals surface area contributed by atoms with Crippen LogP contribution in [-0.4, -0.2) is 9.97 Å². The van der Waals surface area contributed by atoms with Gasteiger partial charge in [0.25, 0.3) is 0 Å². The normalized spacial score (nSPS) is 12.7. The van der Waals surface area contributed by atoms with E-state index < -0.39 is 5.41 Å². The van der Waals surface area contributed by atoms with Crippen molar-refractivity contribution in [2.75, 3.05) is 0 Å². The van der Waals surface area contributed by atoms with E-state index >= 15 is 0 Å². The lowest BCUT2D eigenvalue weighted by Crippen LogP contribution is -2.25. The van der Waals surface area contributed by atoms with Crippen LogP contribution in [0, 0.1) is 0 Å². The first-order valence-corrected chi connectivity index (χ1v) is 25.4. The molecule has 11 aromatic carbocycles. The number of benzene rings is 11. The van der Waals surface area contributed by atoms with Gasteiger partial charge in [0.1, 0.15) is 16.8 Å². The summed E-state index contributed by atoms with van der Waals surface area (Å²) in [6.45, 7) is 0. The molecule has 0 aliphatic heterocycles. The highest BCUT2D eigenvalue weighted by Gasteiger charge is 2.51. The van der Waals surface area contributed by atoms with Crippen LogP contribution in [0.3, 0.4) is 0 Å². The molecule has 0 amide bonds. The maximum atomic E-state index is 7.04. The molecular formula is C71H44N2O. The molecule has 0 bridgehead atoms. The van der Waals surface area contributed by atoms with Gasteiger partial charge in [-0.3, -0.25) is 0 Å². The molecule has 74 heavy (non-hydrogen) atoms. The van der Waals surface area contributed by atoms with Crippen LogP contribution in [0.4, 0.5) is 0 Å². The van der Waals surface area contributed by atoms with Crippen LogP contribution in [0.1, 0.15) is 22.3 Å². The van der Waals surface area contributed by atoms with Gasteiger partial charge >= 0.3 is 0 Å². The molecule has 1 spiro atoms. The highest BCUT2D eigenvalue weighted by molar-refractivity contribution is 6.09. The number of fused-ring (bicyclic) bond motifs is 13. The van der Waals surface area contributed by atoms with Crippen LogP contribution >= 0.6 is 0 Å². The first-order valence-electron chi connectivity index (χ1n) is 25.4. The van der Waals surface area contributed by atoms with Gasteiger partial charge in [0, 0.05) is 16.5 Å². The molecule has 344 valence electrons. The lowest BCUT2D eigenvalue weighted by Gasteiger charge is -2.30. The van der Waals surface area contributed by atoms with Gasteiger partial charge in [-0.05, 0) is 155 Å². The van der Waals surface area contributed by atoms with E-state index in [-0.39, 0.29) is 0 Å². The fourth-order valence-electron chi connectivity index (χ4n) is 12.1. The Kier molecular flexibility index (Phi) is 9.48. The van der Waals surface area contributed by atoms with Crippen molar-refractivity contribution in [3.05, 3.63) is 289 Å². The summed E-state index contributed by atoms with van der Waals surface area (Å²) < 4.78 is 7.04. The summed E-state index contributed by atoms with van der Waals surface area (Å²) in [5.74, 6) is 0.623. The average Bonchev–Trinajstić information content (AvgIpc) is 4.24. The Morgan fingerprint density at radius 2 is 0.662 bits per heavy atom. The first-order chi connectivity index (χ1) is 36.7. The minimum absolute atomic E-state index is 0.446. The number of rotatable bonds is 7. The fraction of sp³-hybridized carbons (Fsp3) is 0.0141. The molecule has 0 saturated carbocycles. The number of hydrogen-bond donors (Lipinski definition) is 0. The Balaban J connectivity index is 0.973. The Morgan fingerprint density at radius 1 is 0.270 bits per heavy atom. The number of hydrogen-bond acceptors (Lipinski definition) is 3. The molecule has 2 heterocycles. The topological polar surface area (TPSA) is 38.9 Å². The van der Waals surface area contributed by atoms with Crippen molar-refractivity contribution in [1.82, 2.24) is 9.97 Å². The van der Waals surface area contributed by atoms with Crippen LogP contribution in [0.2, 0.25) is 0 Å². The van der Waals surface area contributed by atoms with Crippen molar-refractivity contribution >= 4 is 22.1 Å². The van der Waals surface area contributed by atoms with Crippen molar-refractivity contribution < 1.29 is 4.42 Å². The predicted molar refractivity (Wildman–Crippen MR) is 304 cm³/mol. The summed E-state index contributed by atoms with van der Waals surface area (Å²) in [5, 5.41) is 0.933. The molecule has 15 rings (SSSR count). The largest absolute Gasteiger partial charge is 0.452 e. The molecule has 2 aliphatic carbocycles. The Bertz CT molecular complexity index is 4170. The van der Waals surface area contributed by atoms with E-state index in [1.165, 1.54) is 44.5 Å². The van der Waals surface area contributed by atoms with Crippen molar-refractivity contribution in [2.24, 2.45) is 0 Å². The summed E-state index contributed by atoms with van der Waals surface area (Å²) in [5.41, 5.74) is 25.8. The third-order valence-corrected chi connectivity index (χ3v) is 15.5. The van der Waals surface area contributed by atoms with E-state index in [2.05, 4.69) is 267 Å². The van der Waals surface area contributed by atoms with Crippen LogP contribution in [0.5, 0.6) is 0 Å². The molecule has 0 N–H and O–H groups in total. The monoisotopic (exact) mass is 940 g/mol. The summed E-state index contributed by atoms with van der Waals surface area (Å²) in [7, 11) is 0. The molecule has 13 aromatic rings. The SMILES string of the molecule is c1ccc(-c2cc(-c3ccccc3)cc(-c3nc(-c4cc(-c5ccccc5)cc(-c5ccccc5)c4)c4oc5ccc(-c6ccc7c(c6)C6(c8ccccc8-c8ccccc86)c6ccccc6-7)cc5c4n3)c2)cc1. The van der Waals surface area contributed by atoms with Crippen LogP contribution in [0.25, 0.3) is 123 Å². The van der Waals surface area contributed by atoms with E-state index in [9.17, 15) is 0 Å². The van der Waals surface area contributed by atoms with Gasteiger partial charge in [-0.1, -0.05) is 212 Å². The maximum absolute atomic E-state index is 7.04. The van der Waals surface area contributed by atoms with Crippen LogP contribution in [0.15, 0.2) is 271 Å². The quantitative estimate of drug-likeness (QED) is 0.160. The molecule has 0 saturated heterocycles. The Labute approximate surface area is 429 Å². The van der Waals surface area contributed by atoms with E-state index in [1.807, 2.05) is 0 Å². The minimum atomic E-state index is -0.446. The van der Waals surface area contributed by atoms with Gasteiger partial charge in [0.2, 0.25) is 0 Å². The first kappa shape index (κ1) is 42.0. The summed E-state index contributed by atoms with van der Waals surface area (Å²) in [6.07, 6.45) is 0. The van der Waals surface area contributed by atoms with E-state index in [4.69, 9.17) is 14.4 Å². The molecule has 0 radical (unpaired) electrons. The molecule has 3 nitrogen and oxygen atoms in total.